The Morgan fingerprint density at radius 2 is 1.57 bits per heavy atom. The fourth-order valence-corrected chi connectivity index (χ4v) is 7.17. The molecule has 14 heteroatoms. The quantitative estimate of drug-likeness (QED) is 0.200. The van der Waals surface area contributed by atoms with Gasteiger partial charge in [0.25, 0.3) is 5.91 Å². The molecule has 3 atom stereocenters. The molecule has 0 saturated carbocycles. The molecule has 0 aliphatic carbocycles. The number of anilines is 3. The topological polar surface area (TPSA) is 106 Å². The van der Waals surface area contributed by atoms with Gasteiger partial charge in [-0.15, -0.1) is 0 Å². The summed E-state index contributed by atoms with van der Waals surface area (Å²) in [4.78, 5) is 37.0. The summed E-state index contributed by atoms with van der Waals surface area (Å²) in [5.41, 5.74) is 3.44. The molecule has 3 aliphatic heterocycles. The number of amides is 3. The lowest BCUT2D eigenvalue weighted by Crippen LogP contribution is -2.46. The molecular weight excluding hydrogens is 669 g/mol. The Morgan fingerprint density at radius 1 is 0.918 bits per heavy atom. The van der Waals surface area contributed by atoms with Gasteiger partial charge in [-0.3, -0.25) is 4.79 Å². The summed E-state index contributed by atoms with van der Waals surface area (Å²) in [6, 6.07) is 20.3. The molecule has 0 radical (unpaired) electrons. The fourth-order valence-electron chi connectivity index (χ4n) is 6.62. The summed E-state index contributed by atoms with van der Waals surface area (Å²) in [6.45, 7) is 8.39. The molecule has 0 spiro atoms. The standard InChI is InChI=1S/C35H37Cl2N7O5/c1-3-43-24(2)33(45)44(34(43)46)28-7-5-26(6-8-28)40-14-16-41(17-15-40)27-9-11-29(12-10-27)47-19-30-20-48-35(49-30,21-42-23-38-22-39-42)31-13-4-25(36)18-32(31)37/h4-13,18,22-24,30H,3,14-17,19-21H2,1-2H3. The number of halogens is 2. The van der Waals surface area contributed by atoms with Crippen molar-refractivity contribution in [2.24, 2.45) is 0 Å². The van der Waals surface area contributed by atoms with Crippen molar-refractivity contribution >= 4 is 52.2 Å². The van der Waals surface area contributed by atoms with E-state index in [2.05, 4.69) is 32.0 Å². The summed E-state index contributed by atoms with van der Waals surface area (Å²) >= 11 is 12.7. The minimum Gasteiger partial charge on any atom is -0.491 e. The molecule has 3 saturated heterocycles. The number of rotatable bonds is 10. The van der Waals surface area contributed by atoms with Crippen molar-refractivity contribution in [3.8, 4) is 5.75 Å². The Hall–Kier alpha value is -4.36. The summed E-state index contributed by atoms with van der Waals surface area (Å²) in [7, 11) is 0. The van der Waals surface area contributed by atoms with Gasteiger partial charge in [0.05, 0.1) is 17.3 Å². The number of imide groups is 1. The van der Waals surface area contributed by atoms with E-state index in [1.165, 1.54) is 11.2 Å². The van der Waals surface area contributed by atoms with Gasteiger partial charge in [-0.25, -0.2) is 19.4 Å². The highest BCUT2D eigenvalue weighted by Gasteiger charge is 2.46. The molecular formula is C35H37Cl2N7O5. The first-order valence-corrected chi connectivity index (χ1v) is 17.1. The SMILES string of the molecule is CCN1C(=O)N(c2ccc(N3CCN(c4ccc(OCC5COC(Cn6cncn6)(c6ccc(Cl)cc6Cl)O5)cc4)CC3)cc2)C(=O)C1C. The Balaban J connectivity index is 0.923. The smallest absolute Gasteiger partial charge is 0.332 e. The van der Waals surface area contributed by atoms with Crippen LogP contribution in [0.25, 0.3) is 0 Å². The lowest BCUT2D eigenvalue weighted by Gasteiger charge is -2.37. The number of ether oxygens (including phenoxy) is 3. The molecule has 12 nitrogen and oxygen atoms in total. The van der Waals surface area contributed by atoms with Crippen LogP contribution in [0.15, 0.2) is 79.4 Å². The van der Waals surface area contributed by atoms with Gasteiger partial charge in [-0.05, 0) is 74.5 Å². The maximum Gasteiger partial charge on any atom is 0.332 e. The second-order valence-corrected chi connectivity index (χ2v) is 13.1. The molecule has 3 aliphatic rings. The van der Waals surface area contributed by atoms with Crippen LogP contribution >= 0.6 is 23.2 Å². The van der Waals surface area contributed by atoms with Gasteiger partial charge in [0.2, 0.25) is 5.79 Å². The summed E-state index contributed by atoms with van der Waals surface area (Å²) in [5, 5.41) is 5.19. The van der Waals surface area contributed by atoms with Gasteiger partial charge in [-0.2, -0.15) is 5.10 Å². The first kappa shape index (κ1) is 33.2. The molecule has 0 N–H and O–H groups in total. The average Bonchev–Trinajstić information content (AvgIpc) is 3.83. The van der Waals surface area contributed by atoms with Crippen LogP contribution in [-0.4, -0.2) is 89.7 Å². The van der Waals surface area contributed by atoms with Crippen molar-refractivity contribution in [1.29, 1.82) is 0 Å². The Bertz CT molecular complexity index is 1790. The lowest BCUT2D eigenvalue weighted by atomic mass is 10.1. The lowest BCUT2D eigenvalue weighted by molar-refractivity contribution is -0.190. The van der Waals surface area contributed by atoms with Crippen molar-refractivity contribution in [3.63, 3.8) is 0 Å². The highest BCUT2D eigenvalue weighted by atomic mass is 35.5. The van der Waals surface area contributed by atoms with Crippen LogP contribution in [0.3, 0.4) is 0 Å². The van der Waals surface area contributed by atoms with Gasteiger partial charge >= 0.3 is 6.03 Å². The number of nitrogens with zero attached hydrogens (tertiary/aromatic N) is 7. The van der Waals surface area contributed by atoms with Crippen molar-refractivity contribution in [2.75, 3.05) is 60.6 Å². The first-order chi connectivity index (χ1) is 23.7. The van der Waals surface area contributed by atoms with Crippen LogP contribution in [0.5, 0.6) is 5.75 Å². The molecule has 49 heavy (non-hydrogen) atoms. The van der Waals surface area contributed by atoms with Crippen molar-refractivity contribution in [3.05, 3.63) is 95.0 Å². The molecule has 3 fully saturated rings. The number of likely N-dealkylation sites (N-methyl/N-ethyl adjacent to an activating group) is 1. The highest BCUT2D eigenvalue weighted by Crippen LogP contribution is 2.40. The summed E-state index contributed by atoms with van der Waals surface area (Å²) in [5.74, 6) is -0.624. The molecule has 3 unspecified atom stereocenters. The van der Waals surface area contributed by atoms with E-state index in [0.717, 1.165) is 43.3 Å². The third-order valence-corrected chi connectivity index (χ3v) is 9.80. The van der Waals surface area contributed by atoms with E-state index >= 15 is 0 Å². The molecule has 4 aromatic rings. The van der Waals surface area contributed by atoms with Crippen LogP contribution in [-0.2, 0) is 26.6 Å². The number of aromatic nitrogens is 3. The number of hydrogen-bond donors (Lipinski definition) is 0. The van der Waals surface area contributed by atoms with E-state index in [9.17, 15) is 9.59 Å². The zero-order chi connectivity index (χ0) is 34.1. The third-order valence-electron chi connectivity index (χ3n) is 9.25. The molecule has 3 aromatic carbocycles. The second kappa shape index (κ2) is 13.9. The van der Waals surface area contributed by atoms with E-state index in [1.54, 1.807) is 41.0 Å². The van der Waals surface area contributed by atoms with E-state index < -0.39 is 11.8 Å². The van der Waals surface area contributed by atoms with E-state index in [1.807, 2.05) is 43.3 Å². The van der Waals surface area contributed by atoms with Crippen LogP contribution in [0.1, 0.15) is 19.4 Å². The average molecular weight is 707 g/mol. The van der Waals surface area contributed by atoms with Crippen molar-refractivity contribution in [2.45, 2.75) is 38.3 Å². The normalized spacial score (nSPS) is 22.8. The molecule has 256 valence electrons. The predicted molar refractivity (Wildman–Crippen MR) is 187 cm³/mol. The van der Waals surface area contributed by atoms with Crippen molar-refractivity contribution < 1.29 is 23.8 Å². The summed E-state index contributed by atoms with van der Waals surface area (Å²) < 4.78 is 20.5. The van der Waals surface area contributed by atoms with Gasteiger partial charge in [0.15, 0.2) is 0 Å². The van der Waals surface area contributed by atoms with Gasteiger partial charge in [0, 0.05) is 54.7 Å². The minimum absolute atomic E-state index is 0.188. The van der Waals surface area contributed by atoms with E-state index in [4.69, 9.17) is 37.4 Å². The zero-order valence-corrected chi connectivity index (χ0v) is 28.8. The number of carbonyl (C=O) groups is 2. The Kier molecular flexibility index (Phi) is 9.38. The molecule has 0 bridgehead atoms. The minimum atomic E-state index is -1.17. The third kappa shape index (κ3) is 6.65. The number of benzene rings is 3. The molecule has 7 rings (SSSR count). The largest absolute Gasteiger partial charge is 0.491 e. The summed E-state index contributed by atoms with van der Waals surface area (Å²) in [6.07, 6.45) is 2.72. The van der Waals surface area contributed by atoms with Crippen LogP contribution in [0.2, 0.25) is 10.0 Å². The maximum absolute atomic E-state index is 12.8. The van der Waals surface area contributed by atoms with E-state index in [0.29, 0.717) is 34.4 Å². The van der Waals surface area contributed by atoms with Crippen LogP contribution in [0.4, 0.5) is 21.9 Å². The Labute approximate surface area is 294 Å². The number of carbonyl (C=O) groups excluding carboxylic acids is 2. The zero-order valence-electron chi connectivity index (χ0n) is 27.2. The van der Waals surface area contributed by atoms with Gasteiger partial charge < -0.3 is 28.9 Å². The monoisotopic (exact) mass is 705 g/mol. The van der Waals surface area contributed by atoms with Crippen molar-refractivity contribution in [1.82, 2.24) is 19.7 Å². The first-order valence-electron chi connectivity index (χ1n) is 16.3. The Morgan fingerprint density at radius 3 is 2.16 bits per heavy atom. The number of hydrogen-bond acceptors (Lipinski definition) is 9. The highest BCUT2D eigenvalue weighted by molar-refractivity contribution is 6.35. The number of urea groups is 1. The predicted octanol–water partition coefficient (Wildman–Crippen LogP) is 5.44. The molecule has 3 amide bonds. The molecule has 4 heterocycles. The second-order valence-electron chi connectivity index (χ2n) is 12.2. The van der Waals surface area contributed by atoms with E-state index in [-0.39, 0.29) is 31.2 Å². The maximum atomic E-state index is 12.8. The number of piperazine rings is 1. The van der Waals surface area contributed by atoms with Crippen LogP contribution < -0.4 is 19.4 Å². The fraction of sp³-hybridized carbons (Fsp3) is 0.371. The van der Waals surface area contributed by atoms with Gasteiger partial charge in [-0.1, -0.05) is 29.3 Å². The van der Waals surface area contributed by atoms with Gasteiger partial charge in [0.1, 0.15) is 43.7 Å². The van der Waals surface area contributed by atoms with Crippen LogP contribution in [0, 0.1) is 0 Å². The molecule has 1 aromatic heterocycles.